The minimum absolute atomic E-state index is 0.198. The standard InChI is InChI=1S/C12H15NO2S/c1-9-8-16-11-5-3-2-4-10(11)13(9)7-6-12(14)15/h2-5,9H,6-8H2,1H3,(H,14,15). The second-order valence-electron chi connectivity index (χ2n) is 3.96. The highest BCUT2D eigenvalue weighted by atomic mass is 32.2. The number of carboxylic acids is 1. The Bertz CT molecular complexity index is 394. The zero-order chi connectivity index (χ0) is 11.5. The number of rotatable bonds is 3. The van der Waals surface area contributed by atoms with E-state index in [0.717, 1.165) is 5.75 Å². The predicted octanol–water partition coefficient (Wildman–Crippen LogP) is 2.46. The SMILES string of the molecule is CC1CSc2ccccc2N1CCC(=O)O. The third-order valence-corrected chi connectivity index (χ3v) is 4.06. The number of aliphatic carboxylic acids is 1. The van der Waals surface area contributed by atoms with E-state index in [-0.39, 0.29) is 6.42 Å². The molecule has 1 aromatic carbocycles. The van der Waals surface area contributed by atoms with E-state index in [1.54, 1.807) is 0 Å². The van der Waals surface area contributed by atoms with Crippen molar-refractivity contribution >= 4 is 23.4 Å². The Kier molecular flexibility index (Phi) is 3.39. The quantitative estimate of drug-likeness (QED) is 0.876. The van der Waals surface area contributed by atoms with E-state index in [4.69, 9.17) is 5.11 Å². The Labute approximate surface area is 99.5 Å². The fourth-order valence-corrected chi connectivity index (χ4v) is 3.02. The molecule has 0 saturated heterocycles. The van der Waals surface area contributed by atoms with Crippen molar-refractivity contribution in [1.29, 1.82) is 0 Å². The fraction of sp³-hybridized carbons (Fsp3) is 0.417. The first-order chi connectivity index (χ1) is 7.68. The molecule has 0 radical (unpaired) electrons. The topological polar surface area (TPSA) is 40.5 Å². The summed E-state index contributed by atoms with van der Waals surface area (Å²) < 4.78 is 0. The van der Waals surface area contributed by atoms with Crippen molar-refractivity contribution in [2.75, 3.05) is 17.2 Å². The van der Waals surface area contributed by atoms with Crippen molar-refractivity contribution in [2.24, 2.45) is 0 Å². The van der Waals surface area contributed by atoms with Gasteiger partial charge < -0.3 is 10.0 Å². The van der Waals surface area contributed by atoms with Crippen LogP contribution in [0.5, 0.6) is 0 Å². The Morgan fingerprint density at radius 2 is 2.31 bits per heavy atom. The first-order valence-corrected chi connectivity index (χ1v) is 6.37. The van der Waals surface area contributed by atoms with Crippen molar-refractivity contribution in [2.45, 2.75) is 24.3 Å². The van der Waals surface area contributed by atoms with E-state index in [0.29, 0.717) is 12.6 Å². The average molecular weight is 237 g/mol. The molecule has 16 heavy (non-hydrogen) atoms. The highest BCUT2D eigenvalue weighted by molar-refractivity contribution is 7.99. The van der Waals surface area contributed by atoms with Crippen LogP contribution < -0.4 is 4.90 Å². The Balaban J connectivity index is 2.19. The summed E-state index contributed by atoms with van der Waals surface area (Å²) in [6.07, 6.45) is 0.198. The molecule has 1 aliphatic rings. The van der Waals surface area contributed by atoms with Gasteiger partial charge in [0.1, 0.15) is 0 Å². The van der Waals surface area contributed by atoms with E-state index in [1.807, 2.05) is 23.9 Å². The summed E-state index contributed by atoms with van der Waals surface area (Å²) in [6, 6.07) is 8.60. The minimum atomic E-state index is -0.733. The summed E-state index contributed by atoms with van der Waals surface area (Å²) >= 11 is 1.85. The average Bonchev–Trinajstić information content (AvgIpc) is 2.27. The van der Waals surface area contributed by atoms with E-state index in [9.17, 15) is 4.79 Å². The molecule has 1 aromatic rings. The van der Waals surface area contributed by atoms with Gasteiger partial charge in [-0.05, 0) is 19.1 Å². The molecule has 1 atom stereocenters. The number of anilines is 1. The summed E-state index contributed by atoms with van der Waals surface area (Å²) in [5.41, 5.74) is 1.17. The molecule has 1 N–H and O–H groups in total. The molecule has 0 amide bonds. The van der Waals surface area contributed by atoms with Crippen LogP contribution >= 0.6 is 11.8 Å². The maximum atomic E-state index is 10.6. The molecule has 3 nitrogen and oxygen atoms in total. The number of carbonyl (C=O) groups is 1. The lowest BCUT2D eigenvalue weighted by Gasteiger charge is -2.36. The van der Waals surface area contributed by atoms with Gasteiger partial charge in [-0.3, -0.25) is 4.79 Å². The first kappa shape index (κ1) is 11.3. The van der Waals surface area contributed by atoms with Crippen LogP contribution in [0, 0.1) is 0 Å². The molecule has 1 aliphatic heterocycles. The van der Waals surface area contributed by atoms with Crippen molar-refractivity contribution in [3.8, 4) is 0 Å². The fourth-order valence-electron chi connectivity index (χ4n) is 1.91. The zero-order valence-corrected chi connectivity index (χ0v) is 10.0. The minimum Gasteiger partial charge on any atom is -0.481 e. The number of nitrogens with zero attached hydrogens (tertiary/aromatic N) is 1. The van der Waals surface area contributed by atoms with E-state index >= 15 is 0 Å². The summed E-state index contributed by atoms with van der Waals surface area (Å²) in [5.74, 6) is 0.291. The van der Waals surface area contributed by atoms with E-state index < -0.39 is 5.97 Å². The van der Waals surface area contributed by atoms with Crippen LogP contribution in [-0.4, -0.2) is 29.4 Å². The summed E-state index contributed by atoms with van der Waals surface area (Å²) in [5, 5.41) is 8.75. The van der Waals surface area contributed by atoms with Crippen molar-refractivity contribution < 1.29 is 9.90 Å². The molecule has 0 aromatic heterocycles. The summed E-state index contributed by atoms with van der Waals surface area (Å²) in [7, 11) is 0. The molecule has 4 heteroatoms. The molecule has 86 valence electrons. The lowest BCUT2D eigenvalue weighted by Crippen LogP contribution is -2.39. The second kappa shape index (κ2) is 4.78. The van der Waals surface area contributed by atoms with Crippen molar-refractivity contribution in [1.82, 2.24) is 0 Å². The number of fused-ring (bicyclic) bond motifs is 1. The van der Waals surface area contributed by atoms with Crippen LogP contribution in [0.2, 0.25) is 0 Å². The van der Waals surface area contributed by atoms with Gasteiger partial charge in [-0.2, -0.15) is 0 Å². The molecular weight excluding hydrogens is 222 g/mol. The third-order valence-electron chi connectivity index (χ3n) is 2.75. The van der Waals surface area contributed by atoms with Gasteiger partial charge in [-0.1, -0.05) is 12.1 Å². The van der Waals surface area contributed by atoms with Gasteiger partial charge in [0.25, 0.3) is 0 Å². The van der Waals surface area contributed by atoms with Gasteiger partial charge in [0.15, 0.2) is 0 Å². The van der Waals surface area contributed by atoms with Gasteiger partial charge >= 0.3 is 5.97 Å². The third kappa shape index (κ3) is 2.32. The van der Waals surface area contributed by atoms with Gasteiger partial charge in [-0.25, -0.2) is 0 Å². The molecule has 1 heterocycles. The van der Waals surface area contributed by atoms with Crippen molar-refractivity contribution in [3.63, 3.8) is 0 Å². The molecule has 0 spiro atoms. The lowest BCUT2D eigenvalue weighted by molar-refractivity contribution is -0.136. The van der Waals surface area contributed by atoms with Gasteiger partial charge in [0.2, 0.25) is 0 Å². The zero-order valence-electron chi connectivity index (χ0n) is 9.22. The van der Waals surface area contributed by atoms with Gasteiger partial charge in [0.05, 0.1) is 12.1 Å². The molecule has 0 aliphatic carbocycles. The largest absolute Gasteiger partial charge is 0.481 e. The number of carboxylic acid groups (broad SMARTS) is 1. The number of hydrogen-bond acceptors (Lipinski definition) is 3. The second-order valence-corrected chi connectivity index (χ2v) is 5.03. The maximum absolute atomic E-state index is 10.6. The Morgan fingerprint density at radius 1 is 1.56 bits per heavy atom. The predicted molar refractivity (Wildman–Crippen MR) is 66.2 cm³/mol. The number of para-hydroxylation sites is 1. The number of hydrogen-bond donors (Lipinski definition) is 1. The Morgan fingerprint density at radius 3 is 3.06 bits per heavy atom. The van der Waals surface area contributed by atoms with Gasteiger partial charge in [0, 0.05) is 23.2 Å². The molecule has 0 fully saturated rings. The van der Waals surface area contributed by atoms with Crippen LogP contribution in [0.1, 0.15) is 13.3 Å². The first-order valence-electron chi connectivity index (χ1n) is 5.39. The monoisotopic (exact) mass is 237 g/mol. The molecule has 0 saturated carbocycles. The normalized spacial score (nSPS) is 19.3. The number of thioether (sulfide) groups is 1. The lowest BCUT2D eigenvalue weighted by atomic mass is 10.2. The van der Waals surface area contributed by atoms with Crippen LogP contribution in [-0.2, 0) is 4.79 Å². The van der Waals surface area contributed by atoms with Crippen LogP contribution in [0.25, 0.3) is 0 Å². The van der Waals surface area contributed by atoms with Crippen LogP contribution in [0.4, 0.5) is 5.69 Å². The van der Waals surface area contributed by atoms with E-state index in [1.165, 1.54) is 10.6 Å². The highest BCUT2D eigenvalue weighted by Gasteiger charge is 2.23. The summed E-state index contributed by atoms with van der Waals surface area (Å²) in [4.78, 5) is 14.1. The Hall–Kier alpha value is -1.16. The summed E-state index contributed by atoms with van der Waals surface area (Å²) in [6.45, 7) is 2.73. The van der Waals surface area contributed by atoms with Crippen LogP contribution in [0.3, 0.4) is 0 Å². The molecule has 1 unspecified atom stereocenters. The van der Waals surface area contributed by atoms with Gasteiger partial charge in [-0.15, -0.1) is 11.8 Å². The van der Waals surface area contributed by atoms with Crippen LogP contribution in [0.15, 0.2) is 29.2 Å². The highest BCUT2D eigenvalue weighted by Crippen LogP contribution is 2.36. The molecule has 2 rings (SSSR count). The number of benzene rings is 1. The molecule has 0 bridgehead atoms. The molecular formula is C12H15NO2S. The maximum Gasteiger partial charge on any atom is 0.305 e. The van der Waals surface area contributed by atoms with Crippen molar-refractivity contribution in [3.05, 3.63) is 24.3 Å². The smallest absolute Gasteiger partial charge is 0.305 e. The van der Waals surface area contributed by atoms with E-state index in [2.05, 4.69) is 24.0 Å².